The number of carbonyl (C=O) groups is 1. The quantitative estimate of drug-likeness (QED) is 0.684. The second-order valence-electron chi connectivity index (χ2n) is 4.47. The largest absolute Gasteiger partial charge is 0.504 e. The topological polar surface area (TPSA) is 81.0 Å². The first-order chi connectivity index (χ1) is 7.77. The van der Waals surface area contributed by atoms with Gasteiger partial charge in [-0.15, -0.1) is 0 Å². The second kappa shape index (κ2) is 4.63. The summed E-state index contributed by atoms with van der Waals surface area (Å²) in [5.41, 5.74) is -0.400. The molecule has 1 atom stereocenters. The summed E-state index contributed by atoms with van der Waals surface area (Å²) >= 11 is 0. The van der Waals surface area contributed by atoms with Crippen molar-refractivity contribution in [1.82, 2.24) is 4.90 Å². The Kier molecular flexibility index (Phi) is 3.63. The van der Waals surface area contributed by atoms with Gasteiger partial charge in [0.1, 0.15) is 5.54 Å². The van der Waals surface area contributed by atoms with E-state index in [4.69, 9.17) is 0 Å². The van der Waals surface area contributed by atoms with Crippen LogP contribution in [0, 0.1) is 0 Å². The van der Waals surface area contributed by atoms with E-state index in [1.807, 2.05) is 0 Å². The number of hydrogen-bond donors (Lipinski definition) is 3. The second-order valence-corrected chi connectivity index (χ2v) is 4.47. The van der Waals surface area contributed by atoms with Crippen LogP contribution in [0.2, 0.25) is 0 Å². The number of benzene rings is 1. The number of phenols is 2. The van der Waals surface area contributed by atoms with Gasteiger partial charge in [0, 0.05) is 6.42 Å². The van der Waals surface area contributed by atoms with E-state index in [0.29, 0.717) is 5.56 Å². The molecule has 5 heteroatoms. The van der Waals surface area contributed by atoms with E-state index in [1.54, 1.807) is 32.0 Å². The fourth-order valence-electron chi connectivity index (χ4n) is 1.50. The van der Waals surface area contributed by atoms with Crippen LogP contribution in [0.15, 0.2) is 18.2 Å². The van der Waals surface area contributed by atoms with Gasteiger partial charge >= 0.3 is 5.97 Å². The Morgan fingerprint density at radius 1 is 1.29 bits per heavy atom. The van der Waals surface area contributed by atoms with Crippen molar-refractivity contribution in [3.63, 3.8) is 0 Å². The minimum absolute atomic E-state index is 0.212. The first kappa shape index (κ1) is 13.3. The zero-order valence-corrected chi connectivity index (χ0v) is 10.1. The summed E-state index contributed by atoms with van der Waals surface area (Å²) in [4.78, 5) is 12.9. The molecule has 94 valence electrons. The number of carboxylic acid groups (broad SMARTS) is 1. The minimum Gasteiger partial charge on any atom is -0.504 e. The molecule has 1 aromatic rings. The average Bonchev–Trinajstić information content (AvgIpc) is 2.22. The fourth-order valence-corrected chi connectivity index (χ4v) is 1.50. The number of hydrogen-bond acceptors (Lipinski definition) is 4. The van der Waals surface area contributed by atoms with Crippen LogP contribution in [-0.4, -0.2) is 45.8 Å². The number of likely N-dealkylation sites (N-methyl/N-ethyl adjacent to an activating group) is 1. The molecule has 5 nitrogen and oxygen atoms in total. The number of rotatable bonds is 4. The third kappa shape index (κ3) is 2.68. The molecule has 0 amide bonds. The van der Waals surface area contributed by atoms with Crippen LogP contribution in [0.5, 0.6) is 11.5 Å². The maximum absolute atomic E-state index is 11.3. The normalized spacial score (nSPS) is 14.6. The van der Waals surface area contributed by atoms with E-state index >= 15 is 0 Å². The molecule has 0 unspecified atom stereocenters. The summed E-state index contributed by atoms with van der Waals surface area (Å²) in [7, 11) is 3.38. The third-order valence-corrected chi connectivity index (χ3v) is 3.04. The zero-order chi connectivity index (χ0) is 13.2. The Morgan fingerprint density at radius 3 is 2.29 bits per heavy atom. The van der Waals surface area contributed by atoms with Crippen LogP contribution < -0.4 is 0 Å². The first-order valence-electron chi connectivity index (χ1n) is 5.19. The van der Waals surface area contributed by atoms with Crippen LogP contribution in [0.3, 0.4) is 0 Å². The Morgan fingerprint density at radius 2 is 1.88 bits per heavy atom. The van der Waals surface area contributed by atoms with Crippen molar-refractivity contribution < 1.29 is 20.1 Å². The summed E-state index contributed by atoms with van der Waals surface area (Å²) in [5, 5.41) is 27.8. The predicted octanol–water partition coefficient (Wildman–Crippen LogP) is 1.05. The van der Waals surface area contributed by atoms with Gasteiger partial charge in [0.05, 0.1) is 0 Å². The Bertz CT molecular complexity index is 431. The lowest BCUT2D eigenvalue weighted by Crippen LogP contribution is -2.50. The number of carboxylic acids is 1. The van der Waals surface area contributed by atoms with Gasteiger partial charge < -0.3 is 15.3 Å². The summed E-state index contributed by atoms with van der Waals surface area (Å²) in [6.45, 7) is 1.61. The van der Waals surface area contributed by atoms with Crippen LogP contribution >= 0.6 is 0 Å². The monoisotopic (exact) mass is 239 g/mol. The molecule has 0 aliphatic heterocycles. The lowest BCUT2D eigenvalue weighted by atomic mass is 9.91. The van der Waals surface area contributed by atoms with Crippen molar-refractivity contribution in [1.29, 1.82) is 0 Å². The van der Waals surface area contributed by atoms with Crippen molar-refractivity contribution >= 4 is 5.97 Å². The molecule has 1 aromatic carbocycles. The molecule has 0 bridgehead atoms. The molecule has 1 rings (SSSR count). The van der Waals surface area contributed by atoms with Gasteiger partial charge in [-0.2, -0.15) is 0 Å². The summed E-state index contributed by atoms with van der Waals surface area (Å²) in [6.07, 6.45) is 0.239. The van der Waals surface area contributed by atoms with Gasteiger partial charge in [-0.25, -0.2) is 0 Å². The summed E-state index contributed by atoms with van der Waals surface area (Å²) in [5.74, 6) is -1.39. The number of phenolic OH excluding ortho intramolecular Hbond substituents is 2. The lowest BCUT2D eigenvalue weighted by molar-refractivity contribution is -0.148. The highest BCUT2D eigenvalue weighted by Crippen LogP contribution is 2.27. The van der Waals surface area contributed by atoms with Gasteiger partial charge in [0.2, 0.25) is 0 Å². The Labute approximate surface area is 99.9 Å². The van der Waals surface area contributed by atoms with Crippen LogP contribution in [-0.2, 0) is 11.2 Å². The highest BCUT2D eigenvalue weighted by Gasteiger charge is 2.35. The smallest absolute Gasteiger partial charge is 0.324 e. The van der Waals surface area contributed by atoms with Crippen LogP contribution in [0.1, 0.15) is 12.5 Å². The zero-order valence-electron chi connectivity index (χ0n) is 10.1. The molecule has 0 aromatic heterocycles. The highest BCUT2D eigenvalue weighted by molar-refractivity contribution is 5.78. The lowest BCUT2D eigenvalue weighted by Gasteiger charge is -2.32. The molecule has 17 heavy (non-hydrogen) atoms. The van der Waals surface area contributed by atoms with Crippen molar-refractivity contribution in [2.45, 2.75) is 18.9 Å². The maximum atomic E-state index is 11.3. The molecule has 3 N–H and O–H groups in total. The van der Waals surface area contributed by atoms with Crippen molar-refractivity contribution in [3.05, 3.63) is 23.8 Å². The Hall–Kier alpha value is -1.75. The highest BCUT2D eigenvalue weighted by atomic mass is 16.4. The van der Waals surface area contributed by atoms with E-state index in [-0.39, 0.29) is 17.9 Å². The standard InChI is InChI=1S/C12H17NO4/c1-12(11(16)17,13(2)3)7-8-4-5-9(14)10(15)6-8/h4-6,14-15H,7H2,1-3H3,(H,16,17)/t12-/m0/s1. The molecular formula is C12H17NO4. The molecular weight excluding hydrogens is 222 g/mol. The van der Waals surface area contributed by atoms with E-state index in [2.05, 4.69) is 0 Å². The third-order valence-electron chi connectivity index (χ3n) is 3.04. The van der Waals surface area contributed by atoms with Gasteiger partial charge in [0.25, 0.3) is 0 Å². The van der Waals surface area contributed by atoms with Crippen molar-refractivity contribution in [2.24, 2.45) is 0 Å². The van der Waals surface area contributed by atoms with Crippen LogP contribution in [0.25, 0.3) is 0 Å². The molecule has 0 spiro atoms. The van der Waals surface area contributed by atoms with Gasteiger partial charge in [-0.3, -0.25) is 9.69 Å². The fraction of sp³-hybridized carbons (Fsp3) is 0.417. The van der Waals surface area contributed by atoms with Crippen molar-refractivity contribution in [2.75, 3.05) is 14.1 Å². The minimum atomic E-state index is -1.05. The van der Waals surface area contributed by atoms with E-state index in [9.17, 15) is 20.1 Å². The number of aliphatic carboxylic acids is 1. The molecule has 0 aliphatic rings. The van der Waals surface area contributed by atoms with Crippen molar-refractivity contribution in [3.8, 4) is 11.5 Å². The Balaban J connectivity index is 3.02. The van der Waals surface area contributed by atoms with Gasteiger partial charge in [-0.05, 0) is 38.7 Å². The van der Waals surface area contributed by atoms with E-state index in [1.165, 1.54) is 12.1 Å². The average molecular weight is 239 g/mol. The van der Waals surface area contributed by atoms with Crippen LogP contribution in [0.4, 0.5) is 0 Å². The summed E-state index contributed by atoms with van der Waals surface area (Å²) < 4.78 is 0. The first-order valence-corrected chi connectivity index (χ1v) is 5.19. The molecule has 0 aliphatic carbocycles. The van der Waals surface area contributed by atoms with Gasteiger partial charge in [-0.1, -0.05) is 6.07 Å². The van der Waals surface area contributed by atoms with Gasteiger partial charge in [0.15, 0.2) is 11.5 Å². The number of aromatic hydroxyl groups is 2. The number of nitrogens with zero attached hydrogens (tertiary/aromatic N) is 1. The SMILES string of the molecule is CN(C)[C@@](C)(Cc1ccc(O)c(O)c1)C(=O)O. The molecule has 0 saturated heterocycles. The maximum Gasteiger partial charge on any atom is 0.324 e. The molecule has 0 saturated carbocycles. The molecule has 0 heterocycles. The molecule has 0 radical (unpaired) electrons. The summed E-state index contributed by atoms with van der Waals surface area (Å²) in [6, 6.07) is 4.32. The van der Waals surface area contributed by atoms with E-state index in [0.717, 1.165) is 0 Å². The predicted molar refractivity (Wildman–Crippen MR) is 63.2 cm³/mol. The van der Waals surface area contributed by atoms with E-state index < -0.39 is 11.5 Å². The molecule has 0 fully saturated rings.